The van der Waals surface area contributed by atoms with Crippen molar-refractivity contribution in [2.45, 2.75) is 37.6 Å². The van der Waals surface area contributed by atoms with E-state index in [1.165, 1.54) is 0 Å². The van der Waals surface area contributed by atoms with Crippen LogP contribution < -0.4 is 10.1 Å². The third kappa shape index (κ3) is 3.64. The number of rotatable bonds is 5. The Morgan fingerprint density at radius 1 is 1.23 bits per heavy atom. The van der Waals surface area contributed by atoms with Crippen molar-refractivity contribution in [3.63, 3.8) is 0 Å². The SMILES string of the molecule is COc1cccc(NC2(C(=O)N(C)C)CCN(C(=O)C3CCC3)CC2)c1. The molecule has 1 aromatic rings. The molecule has 0 atom stereocenters. The summed E-state index contributed by atoms with van der Waals surface area (Å²) >= 11 is 0. The van der Waals surface area contributed by atoms with Crippen molar-refractivity contribution in [2.75, 3.05) is 39.6 Å². The zero-order chi connectivity index (χ0) is 18.7. The van der Waals surface area contributed by atoms with Gasteiger partial charge in [-0.3, -0.25) is 9.59 Å². The minimum absolute atomic E-state index is 0.0519. The van der Waals surface area contributed by atoms with Gasteiger partial charge in [-0.15, -0.1) is 0 Å². The van der Waals surface area contributed by atoms with Crippen molar-refractivity contribution >= 4 is 17.5 Å². The van der Waals surface area contributed by atoms with Crippen molar-refractivity contribution in [3.8, 4) is 5.75 Å². The molecule has 0 bridgehead atoms. The zero-order valence-electron chi connectivity index (χ0n) is 16.0. The second-order valence-electron chi connectivity index (χ2n) is 7.59. The molecule has 0 aromatic heterocycles. The number of anilines is 1. The molecule has 1 aliphatic carbocycles. The quantitative estimate of drug-likeness (QED) is 0.877. The largest absolute Gasteiger partial charge is 0.497 e. The monoisotopic (exact) mass is 359 g/mol. The highest BCUT2D eigenvalue weighted by molar-refractivity contribution is 5.90. The summed E-state index contributed by atoms with van der Waals surface area (Å²) in [5.41, 5.74) is 0.171. The molecule has 3 rings (SSSR count). The molecule has 142 valence electrons. The first-order valence-corrected chi connectivity index (χ1v) is 9.38. The van der Waals surface area contributed by atoms with E-state index in [9.17, 15) is 9.59 Å². The highest BCUT2D eigenvalue weighted by Gasteiger charge is 2.44. The standard InChI is InChI=1S/C20H29N3O3/c1-22(2)19(25)20(21-16-8-5-9-17(14-16)26-3)10-12-23(13-11-20)18(24)15-6-4-7-15/h5,8-9,14-15,21H,4,6-7,10-13H2,1-3H3. The number of nitrogens with zero attached hydrogens (tertiary/aromatic N) is 2. The summed E-state index contributed by atoms with van der Waals surface area (Å²) < 4.78 is 5.29. The molecule has 1 N–H and O–H groups in total. The van der Waals surface area contributed by atoms with E-state index in [1.54, 1.807) is 26.1 Å². The number of carbonyl (C=O) groups is 2. The molecule has 2 aliphatic rings. The molecule has 0 spiro atoms. The van der Waals surface area contributed by atoms with Crippen LogP contribution in [0.15, 0.2) is 24.3 Å². The van der Waals surface area contributed by atoms with E-state index in [2.05, 4.69) is 5.32 Å². The Balaban J connectivity index is 1.75. The number of nitrogens with one attached hydrogen (secondary N) is 1. The Kier molecular flexibility index (Phi) is 5.39. The molecule has 1 heterocycles. The summed E-state index contributed by atoms with van der Waals surface area (Å²) in [4.78, 5) is 29.1. The number of likely N-dealkylation sites (tertiary alicyclic amines) is 1. The van der Waals surface area contributed by atoms with Crippen LogP contribution in [0, 0.1) is 5.92 Å². The molecule has 1 saturated carbocycles. The van der Waals surface area contributed by atoms with Gasteiger partial charge < -0.3 is 19.9 Å². The lowest BCUT2D eigenvalue weighted by atomic mass is 9.81. The molecule has 0 unspecified atom stereocenters. The molecule has 0 radical (unpaired) electrons. The number of hydrogen-bond acceptors (Lipinski definition) is 4. The van der Waals surface area contributed by atoms with E-state index in [4.69, 9.17) is 4.74 Å². The van der Waals surface area contributed by atoms with E-state index in [-0.39, 0.29) is 17.7 Å². The Morgan fingerprint density at radius 2 is 1.92 bits per heavy atom. The van der Waals surface area contributed by atoms with Crippen LogP contribution in [0.1, 0.15) is 32.1 Å². The number of ether oxygens (including phenoxy) is 1. The first-order chi connectivity index (χ1) is 12.4. The van der Waals surface area contributed by atoms with Crippen LogP contribution in [0.25, 0.3) is 0 Å². The fourth-order valence-corrected chi connectivity index (χ4v) is 3.82. The minimum Gasteiger partial charge on any atom is -0.497 e. The predicted octanol–water partition coefficient (Wildman–Crippen LogP) is 2.36. The Bertz CT molecular complexity index is 662. The average molecular weight is 359 g/mol. The third-order valence-electron chi connectivity index (χ3n) is 5.65. The molecule has 6 heteroatoms. The maximum absolute atomic E-state index is 13.0. The number of benzene rings is 1. The van der Waals surface area contributed by atoms with Crippen LogP contribution in [0.4, 0.5) is 5.69 Å². The van der Waals surface area contributed by atoms with E-state index >= 15 is 0 Å². The lowest BCUT2D eigenvalue weighted by Gasteiger charge is -2.44. The average Bonchev–Trinajstić information content (AvgIpc) is 2.60. The first kappa shape index (κ1) is 18.5. The summed E-state index contributed by atoms with van der Waals surface area (Å²) in [5, 5.41) is 3.46. The second-order valence-corrected chi connectivity index (χ2v) is 7.59. The fraction of sp³-hybridized carbons (Fsp3) is 0.600. The van der Waals surface area contributed by atoms with E-state index in [0.29, 0.717) is 25.9 Å². The maximum atomic E-state index is 13.0. The molecule has 1 aliphatic heterocycles. The van der Waals surface area contributed by atoms with Crippen molar-refractivity contribution in [3.05, 3.63) is 24.3 Å². The summed E-state index contributed by atoms with van der Waals surface area (Å²) in [6, 6.07) is 7.63. The number of methoxy groups -OCH3 is 1. The topological polar surface area (TPSA) is 61.9 Å². The summed E-state index contributed by atoms with van der Waals surface area (Å²) in [7, 11) is 5.19. The van der Waals surface area contributed by atoms with Crippen LogP contribution in [-0.2, 0) is 9.59 Å². The number of amides is 2. The van der Waals surface area contributed by atoms with Crippen molar-refractivity contribution < 1.29 is 14.3 Å². The van der Waals surface area contributed by atoms with Crippen LogP contribution in [0.3, 0.4) is 0 Å². The van der Waals surface area contributed by atoms with Gasteiger partial charge in [0.15, 0.2) is 0 Å². The Hall–Kier alpha value is -2.24. The van der Waals surface area contributed by atoms with Crippen molar-refractivity contribution in [1.82, 2.24) is 9.80 Å². The molecular weight excluding hydrogens is 330 g/mol. The fourth-order valence-electron chi connectivity index (χ4n) is 3.82. The van der Waals surface area contributed by atoms with Gasteiger partial charge in [0.2, 0.25) is 11.8 Å². The number of hydrogen-bond donors (Lipinski definition) is 1. The highest BCUT2D eigenvalue weighted by Crippen LogP contribution is 2.33. The number of carbonyl (C=O) groups excluding carboxylic acids is 2. The van der Waals surface area contributed by atoms with Gasteiger partial charge in [-0.05, 0) is 37.8 Å². The van der Waals surface area contributed by atoms with Crippen molar-refractivity contribution in [2.24, 2.45) is 5.92 Å². The Labute approximate surface area is 155 Å². The van der Waals surface area contributed by atoms with Gasteiger partial charge in [0.05, 0.1) is 7.11 Å². The molecule has 26 heavy (non-hydrogen) atoms. The summed E-state index contributed by atoms with van der Waals surface area (Å²) in [6.45, 7) is 1.23. The third-order valence-corrected chi connectivity index (χ3v) is 5.65. The van der Waals surface area contributed by atoms with Gasteiger partial charge in [-0.25, -0.2) is 0 Å². The van der Waals surface area contributed by atoms with Gasteiger partial charge in [0.1, 0.15) is 11.3 Å². The normalized spacial score (nSPS) is 19.4. The lowest BCUT2D eigenvalue weighted by molar-refractivity contribution is -0.143. The van der Waals surface area contributed by atoms with E-state index in [0.717, 1.165) is 30.7 Å². The van der Waals surface area contributed by atoms with Gasteiger partial charge in [0.25, 0.3) is 0 Å². The second kappa shape index (κ2) is 7.56. The molecular formula is C20H29N3O3. The maximum Gasteiger partial charge on any atom is 0.247 e. The van der Waals surface area contributed by atoms with Crippen LogP contribution in [-0.4, -0.2) is 61.4 Å². The van der Waals surface area contributed by atoms with Crippen molar-refractivity contribution in [1.29, 1.82) is 0 Å². The molecule has 6 nitrogen and oxygen atoms in total. The van der Waals surface area contributed by atoms with Crippen LogP contribution in [0.5, 0.6) is 5.75 Å². The van der Waals surface area contributed by atoms with Crippen LogP contribution >= 0.6 is 0 Å². The molecule has 1 saturated heterocycles. The molecule has 2 amide bonds. The van der Waals surface area contributed by atoms with Gasteiger partial charge >= 0.3 is 0 Å². The summed E-state index contributed by atoms with van der Waals surface area (Å²) in [5.74, 6) is 1.28. The molecule has 2 fully saturated rings. The number of piperidine rings is 1. The Morgan fingerprint density at radius 3 is 2.46 bits per heavy atom. The minimum atomic E-state index is -0.688. The van der Waals surface area contributed by atoms with Gasteiger partial charge in [0, 0.05) is 44.9 Å². The van der Waals surface area contributed by atoms with Gasteiger partial charge in [-0.1, -0.05) is 12.5 Å². The highest BCUT2D eigenvalue weighted by atomic mass is 16.5. The number of likely N-dealkylation sites (N-methyl/N-ethyl adjacent to an activating group) is 1. The zero-order valence-corrected chi connectivity index (χ0v) is 16.0. The lowest BCUT2D eigenvalue weighted by Crippen LogP contribution is -2.59. The van der Waals surface area contributed by atoms with E-state index in [1.807, 2.05) is 29.2 Å². The van der Waals surface area contributed by atoms with E-state index < -0.39 is 5.54 Å². The van der Waals surface area contributed by atoms with Gasteiger partial charge in [-0.2, -0.15) is 0 Å². The summed E-state index contributed by atoms with van der Waals surface area (Å²) in [6.07, 6.45) is 4.41. The molecule has 1 aromatic carbocycles. The predicted molar refractivity (Wildman–Crippen MR) is 101 cm³/mol. The first-order valence-electron chi connectivity index (χ1n) is 9.38. The smallest absolute Gasteiger partial charge is 0.247 e. The van der Waals surface area contributed by atoms with Crippen LogP contribution in [0.2, 0.25) is 0 Å².